The van der Waals surface area contributed by atoms with Gasteiger partial charge in [-0.15, -0.1) is 0 Å². The zero-order valence-corrected chi connectivity index (χ0v) is 10.5. The number of carbonyl (C=O) groups excluding carboxylic acids is 1. The third-order valence-electron chi connectivity index (χ3n) is 4.07. The van der Waals surface area contributed by atoms with E-state index in [-0.39, 0.29) is 11.4 Å². The Morgan fingerprint density at radius 2 is 2.29 bits per heavy atom. The molecule has 1 aliphatic heterocycles. The summed E-state index contributed by atoms with van der Waals surface area (Å²) >= 11 is 0. The molecule has 3 unspecified atom stereocenters. The van der Waals surface area contributed by atoms with Gasteiger partial charge in [0.1, 0.15) is 11.5 Å². The van der Waals surface area contributed by atoms with Crippen molar-refractivity contribution < 1.29 is 9.21 Å². The highest BCUT2D eigenvalue weighted by atomic mass is 16.3. The number of rotatable bonds is 3. The van der Waals surface area contributed by atoms with E-state index in [9.17, 15) is 4.79 Å². The van der Waals surface area contributed by atoms with Gasteiger partial charge < -0.3 is 9.73 Å². The molecule has 2 heterocycles. The van der Waals surface area contributed by atoms with Gasteiger partial charge in [0.15, 0.2) is 0 Å². The zero-order valence-electron chi connectivity index (χ0n) is 10.5. The molecule has 0 aromatic carbocycles. The largest absolute Gasteiger partial charge is 0.466 e. The van der Waals surface area contributed by atoms with Crippen LogP contribution in [0.3, 0.4) is 0 Å². The maximum Gasteiger partial charge on any atom is 0.220 e. The van der Waals surface area contributed by atoms with Crippen molar-refractivity contribution in [1.29, 1.82) is 0 Å². The molecule has 3 rings (SSSR count). The van der Waals surface area contributed by atoms with E-state index in [0.29, 0.717) is 12.3 Å². The topological polar surface area (TPSA) is 42.2 Å². The van der Waals surface area contributed by atoms with Crippen LogP contribution in [0.2, 0.25) is 0 Å². The Kier molecular flexibility index (Phi) is 2.32. The molecule has 3 nitrogen and oxygen atoms in total. The first kappa shape index (κ1) is 10.9. The number of hydrogen-bond donors (Lipinski definition) is 1. The Morgan fingerprint density at radius 1 is 1.53 bits per heavy atom. The minimum absolute atomic E-state index is 0.110. The van der Waals surface area contributed by atoms with Crippen molar-refractivity contribution in [2.45, 2.75) is 51.0 Å². The maximum atomic E-state index is 11.3. The van der Waals surface area contributed by atoms with Crippen molar-refractivity contribution in [3.63, 3.8) is 0 Å². The molecular formula is C14H19NO2. The average molecular weight is 233 g/mol. The molecule has 17 heavy (non-hydrogen) atoms. The summed E-state index contributed by atoms with van der Waals surface area (Å²) in [5.41, 5.74) is -0.110. The molecule has 1 amide bonds. The summed E-state index contributed by atoms with van der Waals surface area (Å²) in [5.74, 6) is 3.70. The molecule has 1 aromatic rings. The first-order valence-electron chi connectivity index (χ1n) is 6.45. The maximum absolute atomic E-state index is 11.3. The lowest BCUT2D eigenvalue weighted by molar-refractivity contribution is -0.119. The number of nitrogens with one attached hydrogen (secondary N) is 1. The van der Waals surface area contributed by atoms with Gasteiger partial charge in [-0.2, -0.15) is 0 Å². The van der Waals surface area contributed by atoms with Gasteiger partial charge in [-0.05, 0) is 37.8 Å². The van der Waals surface area contributed by atoms with E-state index >= 15 is 0 Å². The molecule has 92 valence electrons. The zero-order chi connectivity index (χ0) is 12.0. The lowest BCUT2D eigenvalue weighted by Gasteiger charge is -2.22. The van der Waals surface area contributed by atoms with Crippen LogP contribution in [-0.2, 0) is 11.2 Å². The Balaban J connectivity index is 1.69. The average Bonchev–Trinajstić information content (AvgIpc) is 2.69. The second-order valence-electron chi connectivity index (χ2n) is 5.91. The summed E-state index contributed by atoms with van der Waals surface area (Å²) in [5, 5.41) is 3.04. The van der Waals surface area contributed by atoms with Crippen LogP contribution in [0.25, 0.3) is 0 Å². The summed E-state index contributed by atoms with van der Waals surface area (Å²) in [6.45, 7) is 4.35. The third kappa shape index (κ3) is 2.11. The van der Waals surface area contributed by atoms with Crippen LogP contribution in [-0.4, -0.2) is 11.4 Å². The summed E-state index contributed by atoms with van der Waals surface area (Å²) < 4.78 is 5.89. The van der Waals surface area contributed by atoms with Crippen LogP contribution in [0.15, 0.2) is 16.5 Å². The fraction of sp³-hybridized carbons (Fsp3) is 0.643. The Labute approximate surface area is 102 Å². The van der Waals surface area contributed by atoms with Gasteiger partial charge in [0, 0.05) is 24.3 Å². The lowest BCUT2D eigenvalue weighted by atomic mass is 9.95. The van der Waals surface area contributed by atoms with Gasteiger partial charge in [0.25, 0.3) is 0 Å². The van der Waals surface area contributed by atoms with Crippen LogP contribution in [0.5, 0.6) is 0 Å². The predicted molar refractivity (Wildman–Crippen MR) is 64.7 cm³/mol. The fourth-order valence-electron chi connectivity index (χ4n) is 2.78. The van der Waals surface area contributed by atoms with Gasteiger partial charge in [-0.25, -0.2) is 0 Å². The molecule has 1 saturated heterocycles. The van der Waals surface area contributed by atoms with E-state index in [1.165, 1.54) is 6.42 Å². The monoisotopic (exact) mass is 233 g/mol. The van der Waals surface area contributed by atoms with Gasteiger partial charge in [-0.1, -0.05) is 6.92 Å². The third-order valence-corrected chi connectivity index (χ3v) is 4.07. The van der Waals surface area contributed by atoms with Gasteiger partial charge in [-0.3, -0.25) is 4.79 Å². The van der Waals surface area contributed by atoms with E-state index < -0.39 is 0 Å². The summed E-state index contributed by atoms with van der Waals surface area (Å²) in [4.78, 5) is 11.3. The van der Waals surface area contributed by atoms with Crippen molar-refractivity contribution in [2.75, 3.05) is 0 Å². The first-order valence-corrected chi connectivity index (χ1v) is 6.45. The Morgan fingerprint density at radius 3 is 2.88 bits per heavy atom. The van der Waals surface area contributed by atoms with Gasteiger partial charge in [0.05, 0.1) is 0 Å². The van der Waals surface area contributed by atoms with Crippen LogP contribution in [0, 0.1) is 5.92 Å². The first-order chi connectivity index (χ1) is 8.06. The molecule has 2 aliphatic rings. The molecular weight excluding hydrogens is 214 g/mol. The molecule has 1 saturated carbocycles. The van der Waals surface area contributed by atoms with Crippen molar-refractivity contribution in [3.8, 4) is 0 Å². The quantitative estimate of drug-likeness (QED) is 0.872. The normalized spacial score (nSPS) is 36.0. The summed E-state index contributed by atoms with van der Waals surface area (Å²) in [7, 11) is 0. The highest BCUT2D eigenvalue weighted by Crippen LogP contribution is 2.47. The van der Waals surface area contributed by atoms with E-state index in [4.69, 9.17) is 4.42 Å². The summed E-state index contributed by atoms with van der Waals surface area (Å²) in [6.07, 6.45) is 3.60. The minimum atomic E-state index is -0.110. The number of furan rings is 1. The minimum Gasteiger partial charge on any atom is -0.466 e. The van der Waals surface area contributed by atoms with E-state index in [1.807, 2.05) is 0 Å². The Bertz CT molecular complexity index is 451. The van der Waals surface area contributed by atoms with Gasteiger partial charge >= 0.3 is 0 Å². The molecule has 0 spiro atoms. The highest BCUT2D eigenvalue weighted by molar-refractivity contribution is 5.79. The molecule has 3 heteroatoms. The van der Waals surface area contributed by atoms with Crippen LogP contribution in [0.4, 0.5) is 0 Å². The second kappa shape index (κ2) is 3.62. The van der Waals surface area contributed by atoms with E-state index in [0.717, 1.165) is 30.3 Å². The number of amides is 1. The molecule has 0 bridgehead atoms. The predicted octanol–water partition coefficient (Wildman–Crippen LogP) is 2.61. The van der Waals surface area contributed by atoms with E-state index in [2.05, 4.69) is 31.3 Å². The fourth-order valence-corrected chi connectivity index (χ4v) is 2.78. The Hall–Kier alpha value is -1.25. The summed E-state index contributed by atoms with van der Waals surface area (Å²) in [6, 6.07) is 4.17. The van der Waals surface area contributed by atoms with Crippen molar-refractivity contribution in [2.24, 2.45) is 5.92 Å². The standard InChI is InChI=1S/C14H19NO2/c1-9-7-11(9)12-4-3-10(17-12)8-14(2)6-5-13(16)15-14/h3-4,9,11H,5-8H2,1-2H3,(H,15,16). The second-order valence-corrected chi connectivity index (χ2v) is 5.91. The van der Waals surface area contributed by atoms with Crippen LogP contribution < -0.4 is 5.32 Å². The number of carbonyl (C=O) groups is 1. The smallest absolute Gasteiger partial charge is 0.220 e. The number of hydrogen-bond acceptors (Lipinski definition) is 2. The molecule has 2 fully saturated rings. The molecule has 0 radical (unpaired) electrons. The van der Waals surface area contributed by atoms with E-state index in [1.54, 1.807) is 0 Å². The molecule has 3 atom stereocenters. The molecule has 1 N–H and O–H groups in total. The van der Waals surface area contributed by atoms with Crippen molar-refractivity contribution >= 4 is 5.91 Å². The van der Waals surface area contributed by atoms with Crippen LogP contribution in [0.1, 0.15) is 50.5 Å². The van der Waals surface area contributed by atoms with Gasteiger partial charge in [0.2, 0.25) is 5.91 Å². The molecule has 1 aromatic heterocycles. The molecule has 1 aliphatic carbocycles. The van der Waals surface area contributed by atoms with Crippen molar-refractivity contribution in [3.05, 3.63) is 23.7 Å². The highest BCUT2D eigenvalue weighted by Gasteiger charge is 2.38. The SMILES string of the molecule is CC1CC1c1ccc(CC2(C)CCC(=O)N2)o1. The van der Waals surface area contributed by atoms with Crippen molar-refractivity contribution in [1.82, 2.24) is 5.32 Å². The van der Waals surface area contributed by atoms with Crippen LogP contribution >= 0.6 is 0 Å². The lowest BCUT2D eigenvalue weighted by Crippen LogP contribution is -2.40.